The van der Waals surface area contributed by atoms with E-state index in [0.717, 1.165) is 22.7 Å². The monoisotopic (exact) mass is 274 g/mol. The number of H-pyrrole nitrogens is 2. The lowest BCUT2D eigenvalue weighted by Crippen LogP contribution is -2.15. The molecule has 0 saturated carbocycles. The van der Waals surface area contributed by atoms with Gasteiger partial charge in [-0.3, -0.25) is 14.6 Å². The van der Waals surface area contributed by atoms with Gasteiger partial charge in [0.05, 0.1) is 5.75 Å². The summed E-state index contributed by atoms with van der Waals surface area (Å²) in [7, 11) is 0. The highest BCUT2D eigenvalue weighted by molar-refractivity contribution is 7.99. The number of aromatic amines is 2. The number of hydrogen-bond acceptors (Lipinski definition) is 4. The number of primary amides is 1. The van der Waals surface area contributed by atoms with Crippen LogP contribution in [0.15, 0.2) is 34.2 Å². The van der Waals surface area contributed by atoms with Gasteiger partial charge in [-0.25, -0.2) is 4.98 Å². The highest BCUT2D eigenvalue weighted by Gasteiger charge is 2.10. The van der Waals surface area contributed by atoms with Crippen LogP contribution in [0.25, 0.3) is 21.9 Å². The molecule has 0 aliphatic heterocycles. The largest absolute Gasteiger partial charge is 0.369 e. The van der Waals surface area contributed by atoms with Crippen LogP contribution >= 0.6 is 11.8 Å². The third-order valence-electron chi connectivity index (χ3n) is 2.69. The maximum atomic E-state index is 12.0. The summed E-state index contributed by atoms with van der Waals surface area (Å²) in [5.74, 6) is -0.372. The van der Waals surface area contributed by atoms with E-state index >= 15 is 0 Å². The van der Waals surface area contributed by atoms with E-state index in [4.69, 9.17) is 5.73 Å². The number of nitrogens with two attached hydrogens (primary N) is 1. The first-order chi connectivity index (χ1) is 9.15. The Balaban J connectivity index is 2.20. The van der Waals surface area contributed by atoms with Crippen LogP contribution in [0.2, 0.25) is 0 Å². The lowest BCUT2D eigenvalue weighted by molar-refractivity contribution is -0.115. The fourth-order valence-electron chi connectivity index (χ4n) is 1.90. The molecule has 0 bridgehead atoms. The number of amides is 1. The van der Waals surface area contributed by atoms with E-state index < -0.39 is 5.91 Å². The molecule has 3 aromatic rings. The first kappa shape index (κ1) is 11.8. The van der Waals surface area contributed by atoms with E-state index in [0.29, 0.717) is 16.2 Å². The number of para-hydroxylation sites is 1. The number of hydrogen-bond donors (Lipinski definition) is 3. The Bertz CT molecular complexity index is 836. The van der Waals surface area contributed by atoms with E-state index in [1.54, 1.807) is 0 Å². The normalized spacial score (nSPS) is 11.2. The summed E-state index contributed by atoms with van der Waals surface area (Å²) in [6.07, 6.45) is 0. The van der Waals surface area contributed by atoms with E-state index in [1.807, 2.05) is 24.3 Å². The molecular weight excluding hydrogens is 264 g/mol. The van der Waals surface area contributed by atoms with Gasteiger partial charge in [-0.2, -0.15) is 0 Å². The molecule has 2 aromatic heterocycles. The fraction of sp³-hybridized carbons (Fsp3) is 0.0833. The average molecular weight is 274 g/mol. The maximum Gasteiger partial charge on any atom is 0.275 e. The number of nitrogens with one attached hydrogen (secondary N) is 2. The summed E-state index contributed by atoms with van der Waals surface area (Å²) in [6.45, 7) is 0. The molecule has 6 nitrogen and oxygen atoms in total. The van der Waals surface area contributed by atoms with Crippen molar-refractivity contribution in [1.29, 1.82) is 0 Å². The summed E-state index contributed by atoms with van der Waals surface area (Å²) in [5.41, 5.74) is 6.71. The molecule has 19 heavy (non-hydrogen) atoms. The Kier molecular flexibility index (Phi) is 2.75. The van der Waals surface area contributed by atoms with Crippen molar-refractivity contribution < 1.29 is 4.79 Å². The molecule has 0 saturated heterocycles. The standard InChI is InChI=1S/C12H10N4O2S/c13-8(17)5-19-12-15-9-6-3-1-2-4-7(6)14-10(9)11(18)16-12/h1-4,14H,5H2,(H2,13,17)(H,15,16,18). The molecule has 7 heteroatoms. The quantitative estimate of drug-likeness (QED) is 0.489. The van der Waals surface area contributed by atoms with Crippen molar-refractivity contribution in [2.75, 3.05) is 5.75 Å². The minimum Gasteiger partial charge on any atom is -0.369 e. The summed E-state index contributed by atoms with van der Waals surface area (Å²) >= 11 is 1.11. The fourth-order valence-corrected chi connectivity index (χ4v) is 2.50. The van der Waals surface area contributed by atoms with Crippen LogP contribution in [0.4, 0.5) is 0 Å². The van der Waals surface area contributed by atoms with Crippen molar-refractivity contribution in [3.05, 3.63) is 34.6 Å². The first-order valence-electron chi connectivity index (χ1n) is 5.57. The van der Waals surface area contributed by atoms with Gasteiger partial charge in [0.2, 0.25) is 5.91 Å². The first-order valence-corrected chi connectivity index (χ1v) is 6.55. The van der Waals surface area contributed by atoms with Crippen molar-refractivity contribution in [3.8, 4) is 0 Å². The lowest BCUT2D eigenvalue weighted by Gasteiger charge is -1.98. The van der Waals surface area contributed by atoms with E-state index in [-0.39, 0.29) is 11.3 Å². The van der Waals surface area contributed by atoms with Crippen LogP contribution in [0.5, 0.6) is 0 Å². The Morgan fingerprint density at radius 1 is 1.32 bits per heavy atom. The molecule has 0 aliphatic carbocycles. The Hall–Kier alpha value is -2.28. The number of nitrogens with zero attached hydrogens (tertiary/aromatic N) is 1. The van der Waals surface area contributed by atoms with Crippen LogP contribution in [-0.4, -0.2) is 26.6 Å². The zero-order valence-corrected chi connectivity index (χ0v) is 10.6. The SMILES string of the molecule is NC(=O)CSc1nc2c([nH]c3ccccc32)c(=O)[nH]1. The number of benzene rings is 1. The van der Waals surface area contributed by atoms with Gasteiger partial charge in [0, 0.05) is 10.9 Å². The molecule has 1 amide bonds. The molecule has 3 rings (SSSR count). The molecule has 1 aromatic carbocycles. The molecule has 0 unspecified atom stereocenters. The van der Waals surface area contributed by atoms with E-state index in [2.05, 4.69) is 15.0 Å². The van der Waals surface area contributed by atoms with Gasteiger partial charge in [-0.05, 0) is 6.07 Å². The molecule has 2 heterocycles. The Morgan fingerprint density at radius 2 is 2.11 bits per heavy atom. The molecule has 0 atom stereocenters. The average Bonchev–Trinajstić information content (AvgIpc) is 2.76. The van der Waals surface area contributed by atoms with Gasteiger partial charge < -0.3 is 10.7 Å². The highest BCUT2D eigenvalue weighted by Crippen LogP contribution is 2.22. The van der Waals surface area contributed by atoms with Gasteiger partial charge in [0.15, 0.2) is 5.16 Å². The summed E-state index contributed by atoms with van der Waals surface area (Å²) in [5, 5.41) is 1.27. The lowest BCUT2D eigenvalue weighted by atomic mass is 10.2. The highest BCUT2D eigenvalue weighted by atomic mass is 32.2. The van der Waals surface area contributed by atoms with Crippen LogP contribution in [-0.2, 0) is 4.79 Å². The van der Waals surface area contributed by atoms with Gasteiger partial charge in [0.1, 0.15) is 11.0 Å². The minimum absolute atomic E-state index is 0.0802. The predicted molar refractivity (Wildman–Crippen MR) is 74.1 cm³/mol. The van der Waals surface area contributed by atoms with Crippen molar-refractivity contribution >= 4 is 39.6 Å². The second-order valence-electron chi connectivity index (χ2n) is 4.02. The van der Waals surface area contributed by atoms with Crippen LogP contribution < -0.4 is 11.3 Å². The van der Waals surface area contributed by atoms with Crippen molar-refractivity contribution in [3.63, 3.8) is 0 Å². The number of fused-ring (bicyclic) bond motifs is 3. The molecule has 0 spiro atoms. The minimum atomic E-state index is -0.452. The molecule has 96 valence electrons. The van der Waals surface area contributed by atoms with Crippen LogP contribution in [0.1, 0.15) is 0 Å². The number of rotatable bonds is 3. The third kappa shape index (κ3) is 2.08. The zero-order valence-electron chi connectivity index (χ0n) is 9.77. The second-order valence-corrected chi connectivity index (χ2v) is 4.98. The van der Waals surface area contributed by atoms with Crippen molar-refractivity contribution in [2.45, 2.75) is 5.16 Å². The second kappa shape index (κ2) is 4.43. The molecule has 4 N–H and O–H groups in total. The van der Waals surface area contributed by atoms with E-state index in [1.165, 1.54) is 0 Å². The number of thioether (sulfide) groups is 1. The Morgan fingerprint density at radius 3 is 2.89 bits per heavy atom. The Labute approximate surface area is 111 Å². The zero-order chi connectivity index (χ0) is 13.4. The molecular formula is C12H10N4O2S. The summed E-state index contributed by atoms with van der Waals surface area (Å²) in [6, 6.07) is 7.54. The number of carbonyl (C=O) groups excluding carboxylic acids is 1. The van der Waals surface area contributed by atoms with Crippen LogP contribution in [0, 0.1) is 0 Å². The van der Waals surface area contributed by atoms with Gasteiger partial charge in [-0.1, -0.05) is 30.0 Å². The van der Waals surface area contributed by atoms with Gasteiger partial charge >= 0.3 is 0 Å². The number of aromatic nitrogens is 3. The maximum absolute atomic E-state index is 12.0. The van der Waals surface area contributed by atoms with Gasteiger partial charge in [0.25, 0.3) is 5.56 Å². The molecule has 0 aliphatic rings. The third-order valence-corrected chi connectivity index (χ3v) is 3.59. The predicted octanol–water partition coefficient (Wildman–Crippen LogP) is 0.982. The van der Waals surface area contributed by atoms with Gasteiger partial charge in [-0.15, -0.1) is 0 Å². The topological polar surface area (TPSA) is 105 Å². The summed E-state index contributed by atoms with van der Waals surface area (Å²) < 4.78 is 0. The van der Waals surface area contributed by atoms with Crippen molar-refractivity contribution in [2.24, 2.45) is 5.73 Å². The smallest absolute Gasteiger partial charge is 0.275 e. The molecule has 0 fully saturated rings. The number of carbonyl (C=O) groups is 1. The molecule has 0 radical (unpaired) electrons. The van der Waals surface area contributed by atoms with E-state index in [9.17, 15) is 9.59 Å². The van der Waals surface area contributed by atoms with Crippen molar-refractivity contribution in [1.82, 2.24) is 15.0 Å². The van der Waals surface area contributed by atoms with Crippen LogP contribution in [0.3, 0.4) is 0 Å². The summed E-state index contributed by atoms with van der Waals surface area (Å²) in [4.78, 5) is 32.7.